The van der Waals surface area contributed by atoms with Crippen molar-refractivity contribution in [2.45, 2.75) is 0 Å². The van der Waals surface area contributed by atoms with Crippen LogP contribution in [0.4, 0.5) is 5.69 Å². The lowest BCUT2D eigenvalue weighted by Crippen LogP contribution is -1.98. The summed E-state index contributed by atoms with van der Waals surface area (Å²) in [5.74, 6) is 0. The zero-order valence-electron chi connectivity index (χ0n) is 19.5. The van der Waals surface area contributed by atoms with E-state index in [4.69, 9.17) is 9.97 Å². The van der Waals surface area contributed by atoms with E-state index >= 15 is 0 Å². The molecule has 4 aromatic carbocycles. The van der Waals surface area contributed by atoms with E-state index in [0.29, 0.717) is 5.65 Å². The standard InChI is InChI=1S/C30H19N5O2/c36-35(37)22-17-15-19(16-18-22)25-26-23-13-7-8-14-24(23)31-29(26)32-30-27(25)28(20-9-3-1-4-10-20)33-34(30)21-11-5-2-6-12-21/h1-18,33H. The van der Waals surface area contributed by atoms with Crippen LogP contribution in [0.15, 0.2) is 109 Å². The normalized spacial score (nSPS) is 11.5. The van der Waals surface area contributed by atoms with Crippen LogP contribution in [0.5, 0.6) is 0 Å². The van der Waals surface area contributed by atoms with Gasteiger partial charge in [0.05, 0.1) is 27.2 Å². The maximum atomic E-state index is 11.4. The molecule has 37 heavy (non-hydrogen) atoms. The van der Waals surface area contributed by atoms with E-state index in [0.717, 1.165) is 55.4 Å². The Bertz CT molecular complexity index is 1940. The number of hydrogen-bond donors (Lipinski definition) is 1. The third kappa shape index (κ3) is 3.29. The average Bonchev–Trinajstić information content (AvgIpc) is 3.51. The summed E-state index contributed by atoms with van der Waals surface area (Å²) in [5.41, 5.74) is 6.92. The predicted molar refractivity (Wildman–Crippen MR) is 146 cm³/mol. The monoisotopic (exact) mass is 481 g/mol. The van der Waals surface area contributed by atoms with Crippen molar-refractivity contribution in [2.75, 3.05) is 0 Å². The molecule has 0 spiro atoms. The van der Waals surface area contributed by atoms with Gasteiger partial charge in [0, 0.05) is 34.0 Å². The minimum absolute atomic E-state index is 0.0486. The van der Waals surface area contributed by atoms with E-state index in [1.807, 2.05) is 89.6 Å². The van der Waals surface area contributed by atoms with E-state index in [-0.39, 0.29) is 10.6 Å². The molecule has 176 valence electrons. The highest BCUT2D eigenvalue weighted by molar-refractivity contribution is 6.21. The molecule has 3 heterocycles. The number of rotatable bonds is 4. The molecule has 0 aliphatic carbocycles. The van der Waals surface area contributed by atoms with Crippen LogP contribution in [0.2, 0.25) is 0 Å². The highest BCUT2D eigenvalue weighted by Crippen LogP contribution is 2.43. The molecule has 7 heteroatoms. The number of non-ortho nitro benzene ring substituents is 1. The Kier molecular flexibility index (Phi) is 4.62. The Labute approximate surface area is 210 Å². The summed E-state index contributed by atoms with van der Waals surface area (Å²) in [7, 11) is 0. The molecule has 7 aromatic rings. The summed E-state index contributed by atoms with van der Waals surface area (Å²) >= 11 is 0. The lowest BCUT2D eigenvalue weighted by molar-refractivity contribution is -0.384. The van der Waals surface area contributed by atoms with Crippen LogP contribution >= 0.6 is 0 Å². The maximum Gasteiger partial charge on any atom is 0.269 e. The summed E-state index contributed by atoms with van der Waals surface area (Å²) in [4.78, 5) is 21.0. The number of H-pyrrole nitrogens is 1. The molecule has 0 atom stereocenters. The number of fused-ring (bicyclic) bond motifs is 4. The van der Waals surface area contributed by atoms with Crippen molar-refractivity contribution in [3.8, 4) is 28.1 Å². The molecule has 7 rings (SSSR count). The molecule has 0 bridgehead atoms. The summed E-state index contributed by atoms with van der Waals surface area (Å²) in [6.07, 6.45) is 0. The van der Waals surface area contributed by atoms with Gasteiger partial charge in [-0.3, -0.25) is 15.2 Å². The topological polar surface area (TPSA) is 89.6 Å². The highest BCUT2D eigenvalue weighted by Gasteiger charge is 2.24. The summed E-state index contributed by atoms with van der Waals surface area (Å²) < 4.78 is 1.98. The quantitative estimate of drug-likeness (QED) is 0.211. The van der Waals surface area contributed by atoms with Gasteiger partial charge in [0.1, 0.15) is 0 Å². The maximum absolute atomic E-state index is 11.4. The Morgan fingerprint density at radius 2 is 1.38 bits per heavy atom. The fourth-order valence-electron chi connectivity index (χ4n) is 5.03. The molecular formula is C30H19N5O2. The SMILES string of the molecule is O=[N+]([O-])c1ccc(-c2c3c(-c4ccccc4)[nH]n(-c4ccccc4)c3nc3nc4ccccc4c23)cc1. The number of benzene rings is 4. The fraction of sp³-hybridized carbons (Fsp3) is 0. The van der Waals surface area contributed by atoms with Crippen LogP contribution in [0, 0.1) is 10.1 Å². The predicted octanol–water partition coefficient (Wildman–Crippen LogP) is 7.30. The number of nitrogens with zero attached hydrogens (tertiary/aromatic N) is 4. The molecule has 0 saturated heterocycles. The molecule has 0 saturated carbocycles. The average molecular weight is 482 g/mol. The van der Waals surface area contributed by atoms with Gasteiger partial charge >= 0.3 is 0 Å². The minimum atomic E-state index is -0.379. The molecule has 7 nitrogen and oxygen atoms in total. The second-order valence-electron chi connectivity index (χ2n) is 8.84. The molecule has 3 aromatic heterocycles. The Morgan fingerprint density at radius 3 is 2.11 bits per heavy atom. The lowest BCUT2D eigenvalue weighted by atomic mass is 9.95. The van der Waals surface area contributed by atoms with Gasteiger partial charge in [-0.05, 0) is 35.9 Å². The number of nitrogens with one attached hydrogen (secondary N) is 1. The third-order valence-corrected chi connectivity index (χ3v) is 6.69. The number of nitro benzene ring substituents is 1. The molecule has 0 fully saturated rings. The van der Waals surface area contributed by atoms with Crippen LogP contribution in [-0.4, -0.2) is 24.7 Å². The van der Waals surface area contributed by atoms with Gasteiger partial charge in [0.15, 0.2) is 11.3 Å². The van der Waals surface area contributed by atoms with E-state index in [9.17, 15) is 10.1 Å². The fourth-order valence-corrected chi connectivity index (χ4v) is 5.03. The number of aromatic amines is 1. The van der Waals surface area contributed by atoms with E-state index in [1.165, 1.54) is 0 Å². The van der Waals surface area contributed by atoms with Gasteiger partial charge in [-0.1, -0.05) is 66.7 Å². The van der Waals surface area contributed by atoms with Crippen molar-refractivity contribution in [1.82, 2.24) is 19.7 Å². The second-order valence-corrected chi connectivity index (χ2v) is 8.84. The number of aromatic nitrogens is 4. The summed E-state index contributed by atoms with van der Waals surface area (Å²) in [6, 6.07) is 34.8. The molecule has 0 radical (unpaired) electrons. The largest absolute Gasteiger partial charge is 0.291 e. The molecule has 0 aliphatic rings. The van der Waals surface area contributed by atoms with Crippen LogP contribution in [0.1, 0.15) is 0 Å². The highest BCUT2D eigenvalue weighted by atomic mass is 16.6. The van der Waals surface area contributed by atoms with Crippen molar-refractivity contribution in [3.05, 3.63) is 119 Å². The zero-order chi connectivity index (χ0) is 24.9. The molecule has 1 N–H and O–H groups in total. The first-order valence-electron chi connectivity index (χ1n) is 11.9. The third-order valence-electron chi connectivity index (χ3n) is 6.69. The molecular weight excluding hydrogens is 462 g/mol. The second kappa shape index (κ2) is 8.13. The Morgan fingerprint density at radius 1 is 0.703 bits per heavy atom. The Balaban J connectivity index is 1.69. The van der Waals surface area contributed by atoms with E-state index in [2.05, 4.69) is 17.2 Å². The number of pyridine rings is 1. The van der Waals surface area contributed by atoms with Crippen LogP contribution < -0.4 is 0 Å². The number of nitro groups is 1. The van der Waals surface area contributed by atoms with Gasteiger partial charge < -0.3 is 0 Å². The summed E-state index contributed by atoms with van der Waals surface area (Å²) in [6.45, 7) is 0. The first kappa shape index (κ1) is 21.0. The van der Waals surface area contributed by atoms with Crippen molar-refractivity contribution in [1.29, 1.82) is 0 Å². The van der Waals surface area contributed by atoms with E-state index < -0.39 is 0 Å². The molecule has 0 aliphatic heterocycles. The first-order chi connectivity index (χ1) is 18.2. The van der Waals surface area contributed by atoms with Crippen LogP contribution in [0.3, 0.4) is 0 Å². The van der Waals surface area contributed by atoms with Crippen molar-refractivity contribution >= 4 is 38.7 Å². The van der Waals surface area contributed by atoms with Gasteiger partial charge in [-0.25, -0.2) is 14.6 Å². The van der Waals surface area contributed by atoms with Crippen LogP contribution in [-0.2, 0) is 0 Å². The van der Waals surface area contributed by atoms with Crippen molar-refractivity contribution in [3.63, 3.8) is 0 Å². The number of hydrogen-bond acceptors (Lipinski definition) is 4. The summed E-state index contributed by atoms with van der Waals surface area (Å²) in [5, 5.41) is 17.8. The van der Waals surface area contributed by atoms with Crippen molar-refractivity contribution < 1.29 is 4.92 Å². The molecule has 0 unspecified atom stereocenters. The number of para-hydroxylation sites is 2. The Hall–Kier alpha value is -5.30. The van der Waals surface area contributed by atoms with Gasteiger partial charge in [-0.15, -0.1) is 0 Å². The van der Waals surface area contributed by atoms with Gasteiger partial charge in [-0.2, -0.15) is 0 Å². The van der Waals surface area contributed by atoms with Gasteiger partial charge in [0.2, 0.25) is 0 Å². The first-order valence-corrected chi connectivity index (χ1v) is 11.9. The van der Waals surface area contributed by atoms with E-state index in [1.54, 1.807) is 12.1 Å². The van der Waals surface area contributed by atoms with Crippen LogP contribution in [0.25, 0.3) is 61.0 Å². The zero-order valence-corrected chi connectivity index (χ0v) is 19.5. The lowest BCUT2D eigenvalue weighted by Gasteiger charge is -2.09. The molecule has 0 amide bonds. The smallest absolute Gasteiger partial charge is 0.269 e. The van der Waals surface area contributed by atoms with Crippen molar-refractivity contribution in [2.24, 2.45) is 0 Å². The minimum Gasteiger partial charge on any atom is -0.291 e. The van der Waals surface area contributed by atoms with Gasteiger partial charge in [0.25, 0.3) is 5.69 Å².